The molecule has 0 aromatic heterocycles. The van der Waals surface area contributed by atoms with Gasteiger partial charge in [-0.2, -0.15) is 0 Å². The fraction of sp³-hybridized carbons (Fsp3) is 0.667. The van der Waals surface area contributed by atoms with E-state index < -0.39 is 0 Å². The van der Waals surface area contributed by atoms with Crippen LogP contribution in [0.15, 0.2) is 24.3 Å². The van der Waals surface area contributed by atoms with Crippen molar-refractivity contribution in [3.63, 3.8) is 0 Å². The summed E-state index contributed by atoms with van der Waals surface area (Å²) >= 11 is 6.64. The molecular weight excluding hydrogens is 280 g/mol. The number of anilines is 1. The summed E-state index contributed by atoms with van der Waals surface area (Å²) in [6, 6.07) is 8.61. The molecule has 2 nitrogen and oxygen atoms in total. The van der Waals surface area contributed by atoms with Gasteiger partial charge in [-0.25, -0.2) is 0 Å². The minimum Gasteiger partial charge on any atom is -0.378 e. The molecule has 0 aliphatic rings. The van der Waals surface area contributed by atoms with Gasteiger partial charge in [0.15, 0.2) is 0 Å². The van der Waals surface area contributed by atoms with Crippen molar-refractivity contribution in [1.29, 1.82) is 0 Å². The SMILES string of the molecule is CCCCN(CCCC)CC(Cl)c1ccc(N(C)C)cc1. The summed E-state index contributed by atoms with van der Waals surface area (Å²) in [6.45, 7) is 7.76. The average Bonchev–Trinajstić information content (AvgIpc) is 2.49. The number of alkyl halides is 1. The van der Waals surface area contributed by atoms with Crippen molar-refractivity contribution in [3.8, 4) is 0 Å². The second kappa shape index (κ2) is 10.1. The third-order valence-corrected chi connectivity index (χ3v) is 4.24. The van der Waals surface area contributed by atoms with Gasteiger partial charge >= 0.3 is 0 Å². The molecule has 0 fully saturated rings. The van der Waals surface area contributed by atoms with Gasteiger partial charge in [0.2, 0.25) is 0 Å². The zero-order valence-corrected chi connectivity index (χ0v) is 14.9. The van der Waals surface area contributed by atoms with Crippen molar-refractivity contribution in [2.75, 3.05) is 38.6 Å². The van der Waals surface area contributed by atoms with Gasteiger partial charge in [0.25, 0.3) is 0 Å². The molecule has 0 N–H and O–H groups in total. The Kier molecular flexibility index (Phi) is 8.79. The zero-order chi connectivity index (χ0) is 15.7. The number of hydrogen-bond donors (Lipinski definition) is 0. The minimum atomic E-state index is 0.0786. The van der Waals surface area contributed by atoms with Crippen molar-refractivity contribution in [1.82, 2.24) is 4.90 Å². The van der Waals surface area contributed by atoms with Crippen LogP contribution >= 0.6 is 11.6 Å². The van der Waals surface area contributed by atoms with Crippen LogP contribution in [0.25, 0.3) is 0 Å². The number of nitrogens with zero attached hydrogens (tertiary/aromatic N) is 2. The molecule has 0 radical (unpaired) electrons. The first-order valence-electron chi connectivity index (χ1n) is 8.22. The zero-order valence-electron chi connectivity index (χ0n) is 14.1. The summed E-state index contributed by atoms with van der Waals surface area (Å²) in [7, 11) is 4.12. The number of rotatable bonds is 10. The van der Waals surface area contributed by atoms with Gasteiger partial charge < -0.3 is 9.80 Å². The molecule has 120 valence electrons. The molecule has 0 saturated heterocycles. The molecule has 0 aliphatic carbocycles. The van der Waals surface area contributed by atoms with E-state index >= 15 is 0 Å². The summed E-state index contributed by atoms with van der Waals surface area (Å²) < 4.78 is 0. The standard InChI is InChI=1S/C18H31ClN2/c1-5-7-13-21(14-8-6-2)15-18(19)16-9-11-17(12-10-16)20(3)4/h9-12,18H,5-8,13-15H2,1-4H3. The van der Waals surface area contributed by atoms with Crippen LogP contribution in [-0.2, 0) is 0 Å². The van der Waals surface area contributed by atoms with E-state index in [2.05, 4.69) is 62.0 Å². The smallest absolute Gasteiger partial charge is 0.0712 e. The van der Waals surface area contributed by atoms with Crippen LogP contribution in [0.4, 0.5) is 5.69 Å². The van der Waals surface area contributed by atoms with E-state index in [1.807, 2.05) is 0 Å². The fourth-order valence-electron chi connectivity index (χ4n) is 2.37. The summed E-state index contributed by atoms with van der Waals surface area (Å²) in [4.78, 5) is 4.63. The Morgan fingerprint density at radius 2 is 1.48 bits per heavy atom. The molecule has 1 aromatic carbocycles. The van der Waals surface area contributed by atoms with Crippen LogP contribution < -0.4 is 4.90 Å². The molecule has 1 aromatic rings. The van der Waals surface area contributed by atoms with E-state index in [0.717, 1.165) is 19.6 Å². The van der Waals surface area contributed by atoms with Gasteiger partial charge in [0.05, 0.1) is 5.38 Å². The predicted octanol–water partition coefficient (Wildman–Crippen LogP) is 4.93. The molecular formula is C18H31ClN2. The molecule has 0 spiro atoms. The monoisotopic (exact) mass is 310 g/mol. The maximum Gasteiger partial charge on any atom is 0.0712 e. The number of unbranched alkanes of at least 4 members (excludes halogenated alkanes) is 2. The molecule has 0 aliphatic heterocycles. The van der Waals surface area contributed by atoms with Crippen LogP contribution in [0.5, 0.6) is 0 Å². The maximum absolute atomic E-state index is 6.64. The molecule has 21 heavy (non-hydrogen) atoms. The normalized spacial score (nSPS) is 12.7. The molecule has 0 bridgehead atoms. The van der Waals surface area contributed by atoms with Crippen LogP contribution in [0.1, 0.15) is 50.5 Å². The van der Waals surface area contributed by atoms with E-state index in [1.54, 1.807) is 0 Å². The van der Waals surface area contributed by atoms with E-state index in [-0.39, 0.29) is 5.38 Å². The lowest BCUT2D eigenvalue weighted by atomic mass is 10.1. The van der Waals surface area contributed by atoms with E-state index in [0.29, 0.717) is 0 Å². The highest BCUT2D eigenvalue weighted by molar-refractivity contribution is 6.21. The fourth-order valence-corrected chi connectivity index (χ4v) is 2.71. The molecule has 1 unspecified atom stereocenters. The Morgan fingerprint density at radius 3 is 1.90 bits per heavy atom. The first-order chi connectivity index (χ1) is 10.1. The Bertz CT molecular complexity index is 367. The van der Waals surface area contributed by atoms with Gasteiger partial charge in [-0.15, -0.1) is 11.6 Å². The lowest BCUT2D eigenvalue weighted by Gasteiger charge is -2.25. The van der Waals surface area contributed by atoms with Crippen molar-refractivity contribution in [3.05, 3.63) is 29.8 Å². The van der Waals surface area contributed by atoms with Gasteiger partial charge in [-0.05, 0) is 43.6 Å². The van der Waals surface area contributed by atoms with Gasteiger partial charge in [0.1, 0.15) is 0 Å². The molecule has 0 saturated carbocycles. The highest BCUT2D eigenvalue weighted by Gasteiger charge is 2.13. The quantitative estimate of drug-likeness (QED) is 0.565. The Labute approximate surface area is 136 Å². The molecule has 0 heterocycles. The summed E-state index contributed by atoms with van der Waals surface area (Å²) in [5.41, 5.74) is 2.44. The Morgan fingerprint density at radius 1 is 0.952 bits per heavy atom. The number of benzene rings is 1. The highest BCUT2D eigenvalue weighted by atomic mass is 35.5. The molecule has 3 heteroatoms. The third kappa shape index (κ3) is 6.71. The third-order valence-electron chi connectivity index (χ3n) is 3.85. The van der Waals surface area contributed by atoms with Crippen LogP contribution in [0, 0.1) is 0 Å². The largest absolute Gasteiger partial charge is 0.378 e. The van der Waals surface area contributed by atoms with Gasteiger partial charge in [-0.3, -0.25) is 0 Å². The van der Waals surface area contributed by atoms with Gasteiger partial charge in [0, 0.05) is 26.3 Å². The van der Waals surface area contributed by atoms with E-state index in [9.17, 15) is 0 Å². The maximum atomic E-state index is 6.64. The summed E-state index contributed by atoms with van der Waals surface area (Å²) in [5, 5.41) is 0.0786. The first kappa shape index (κ1) is 18.3. The van der Waals surface area contributed by atoms with Crippen LogP contribution in [0.2, 0.25) is 0 Å². The molecule has 1 rings (SSSR count). The molecule has 0 amide bonds. The average molecular weight is 311 g/mol. The van der Waals surface area contributed by atoms with E-state index in [1.165, 1.54) is 36.9 Å². The van der Waals surface area contributed by atoms with Crippen molar-refractivity contribution in [2.45, 2.75) is 44.9 Å². The first-order valence-corrected chi connectivity index (χ1v) is 8.65. The second-order valence-electron chi connectivity index (χ2n) is 5.96. The van der Waals surface area contributed by atoms with Gasteiger partial charge in [-0.1, -0.05) is 38.8 Å². The second-order valence-corrected chi connectivity index (χ2v) is 6.49. The lowest BCUT2D eigenvalue weighted by molar-refractivity contribution is 0.265. The van der Waals surface area contributed by atoms with Crippen molar-refractivity contribution in [2.24, 2.45) is 0 Å². The predicted molar refractivity (Wildman–Crippen MR) is 95.6 cm³/mol. The Balaban J connectivity index is 2.59. The minimum absolute atomic E-state index is 0.0786. The lowest BCUT2D eigenvalue weighted by Crippen LogP contribution is -2.29. The topological polar surface area (TPSA) is 6.48 Å². The van der Waals surface area contributed by atoms with Crippen LogP contribution in [0.3, 0.4) is 0 Å². The van der Waals surface area contributed by atoms with E-state index in [4.69, 9.17) is 11.6 Å². The van der Waals surface area contributed by atoms with Crippen LogP contribution in [-0.4, -0.2) is 38.6 Å². The summed E-state index contributed by atoms with van der Waals surface area (Å²) in [5.74, 6) is 0. The number of halogens is 1. The Hall–Kier alpha value is -0.730. The van der Waals surface area contributed by atoms with Crippen molar-refractivity contribution < 1.29 is 0 Å². The number of hydrogen-bond acceptors (Lipinski definition) is 2. The summed E-state index contributed by atoms with van der Waals surface area (Å²) in [6.07, 6.45) is 5.00. The van der Waals surface area contributed by atoms with Crippen molar-refractivity contribution >= 4 is 17.3 Å². The molecule has 1 atom stereocenters. The highest BCUT2D eigenvalue weighted by Crippen LogP contribution is 2.24.